The van der Waals surface area contributed by atoms with Gasteiger partial charge in [0.15, 0.2) is 0 Å². The maximum absolute atomic E-state index is 5.89. The third kappa shape index (κ3) is 2.16. The molecular formula is C9H7Cl3. The summed E-state index contributed by atoms with van der Waals surface area (Å²) in [7, 11) is 0. The molecule has 0 spiro atoms. The summed E-state index contributed by atoms with van der Waals surface area (Å²) in [5.74, 6) is 0. The summed E-state index contributed by atoms with van der Waals surface area (Å²) in [6.45, 7) is 1.92. The summed E-state index contributed by atoms with van der Waals surface area (Å²) in [5.41, 5.74) is 0.883. The van der Waals surface area contributed by atoms with Gasteiger partial charge in [-0.25, -0.2) is 0 Å². The zero-order valence-corrected chi connectivity index (χ0v) is 8.71. The van der Waals surface area contributed by atoms with Crippen LogP contribution in [0.4, 0.5) is 0 Å². The molecule has 1 aromatic carbocycles. The van der Waals surface area contributed by atoms with Crippen LogP contribution in [0.3, 0.4) is 0 Å². The summed E-state index contributed by atoms with van der Waals surface area (Å²) in [5, 5.41) is 1.62. The lowest BCUT2D eigenvalue weighted by atomic mass is 10.2. The van der Waals surface area contributed by atoms with Gasteiger partial charge in [-0.05, 0) is 24.6 Å². The lowest BCUT2D eigenvalue weighted by Crippen LogP contribution is -1.76. The lowest BCUT2D eigenvalue weighted by molar-refractivity contribution is 1.64. The van der Waals surface area contributed by atoms with Crippen LogP contribution in [0.1, 0.15) is 12.5 Å². The van der Waals surface area contributed by atoms with Crippen molar-refractivity contribution < 1.29 is 0 Å². The molecule has 0 unspecified atom stereocenters. The highest BCUT2D eigenvalue weighted by Gasteiger charge is 2.02. The number of halogens is 3. The van der Waals surface area contributed by atoms with Gasteiger partial charge in [0.25, 0.3) is 0 Å². The molecule has 1 aromatic rings. The minimum atomic E-state index is 0.481. The largest absolute Gasteiger partial charge is 0.0870 e. The first-order valence-corrected chi connectivity index (χ1v) is 4.55. The zero-order chi connectivity index (χ0) is 9.14. The molecule has 12 heavy (non-hydrogen) atoms. The minimum Gasteiger partial charge on any atom is -0.0870 e. The highest BCUT2D eigenvalue weighted by atomic mass is 35.5. The van der Waals surface area contributed by atoms with Crippen molar-refractivity contribution in [1.82, 2.24) is 0 Å². The predicted molar refractivity (Wildman–Crippen MR) is 56.2 cm³/mol. The van der Waals surface area contributed by atoms with Crippen LogP contribution >= 0.6 is 34.8 Å². The summed E-state index contributed by atoms with van der Waals surface area (Å²) < 4.78 is 0. The second-order valence-electron chi connectivity index (χ2n) is 2.29. The fraction of sp³-hybridized carbons (Fsp3) is 0.111. The Hall–Kier alpha value is -0.170. The predicted octanol–water partition coefficient (Wildman–Crippen LogP) is 4.68. The smallest absolute Gasteiger partial charge is 0.0607 e. The molecular weight excluding hydrogens is 214 g/mol. The first kappa shape index (κ1) is 9.91. The second kappa shape index (κ2) is 4.18. The average molecular weight is 222 g/mol. The van der Waals surface area contributed by atoms with Gasteiger partial charge in [-0.15, -0.1) is 0 Å². The maximum Gasteiger partial charge on any atom is 0.0607 e. The molecule has 0 aliphatic carbocycles. The van der Waals surface area contributed by atoms with E-state index >= 15 is 0 Å². The molecule has 64 valence electrons. The highest BCUT2D eigenvalue weighted by Crippen LogP contribution is 2.29. The van der Waals surface area contributed by atoms with E-state index in [-0.39, 0.29) is 0 Å². The van der Waals surface area contributed by atoms with Gasteiger partial charge >= 0.3 is 0 Å². The van der Waals surface area contributed by atoms with Gasteiger partial charge in [-0.3, -0.25) is 0 Å². The molecule has 1 rings (SSSR count). The van der Waals surface area contributed by atoms with E-state index in [0.717, 1.165) is 5.56 Å². The number of allylic oxidation sites excluding steroid dienone is 1. The molecule has 0 nitrogen and oxygen atoms in total. The highest BCUT2D eigenvalue weighted by molar-refractivity contribution is 6.43. The Morgan fingerprint density at radius 3 is 2.17 bits per heavy atom. The van der Waals surface area contributed by atoms with Crippen LogP contribution in [0, 0.1) is 0 Å². The summed E-state index contributed by atoms with van der Waals surface area (Å²) in [6.07, 6.45) is 3.77. The van der Waals surface area contributed by atoms with Gasteiger partial charge in [0.1, 0.15) is 0 Å². The van der Waals surface area contributed by atoms with E-state index in [4.69, 9.17) is 34.8 Å². The molecule has 0 fully saturated rings. The third-order valence-corrected chi connectivity index (χ3v) is 2.44. The Balaban J connectivity index is 3.23. The van der Waals surface area contributed by atoms with Gasteiger partial charge in [0.2, 0.25) is 0 Å². The Bertz CT molecular complexity index is 316. The fourth-order valence-electron chi connectivity index (χ4n) is 0.845. The SMILES string of the molecule is CC=Cc1cc(Cl)c(Cl)cc1Cl. The molecule has 0 bridgehead atoms. The summed E-state index contributed by atoms with van der Waals surface area (Å²) in [4.78, 5) is 0. The van der Waals surface area contributed by atoms with Crippen LogP contribution in [0.25, 0.3) is 6.08 Å². The van der Waals surface area contributed by atoms with Crippen LogP contribution in [-0.4, -0.2) is 0 Å². The van der Waals surface area contributed by atoms with Crippen LogP contribution < -0.4 is 0 Å². The van der Waals surface area contributed by atoms with E-state index < -0.39 is 0 Å². The monoisotopic (exact) mass is 220 g/mol. The number of hydrogen-bond donors (Lipinski definition) is 0. The molecule has 3 heteroatoms. The Kier molecular flexibility index (Phi) is 3.45. The molecule has 0 N–H and O–H groups in total. The Morgan fingerprint density at radius 1 is 1.00 bits per heavy atom. The van der Waals surface area contributed by atoms with Gasteiger partial charge in [0, 0.05) is 5.02 Å². The minimum absolute atomic E-state index is 0.481. The normalized spacial score (nSPS) is 11.0. The van der Waals surface area contributed by atoms with E-state index in [1.165, 1.54) is 0 Å². The molecule has 0 aliphatic heterocycles. The van der Waals surface area contributed by atoms with E-state index in [1.807, 2.05) is 19.1 Å². The zero-order valence-electron chi connectivity index (χ0n) is 6.44. The van der Waals surface area contributed by atoms with Crippen LogP contribution in [0.2, 0.25) is 15.1 Å². The first-order valence-electron chi connectivity index (χ1n) is 3.42. The molecule has 0 amide bonds. The van der Waals surface area contributed by atoms with Crippen molar-refractivity contribution in [2.45, 2.75) is 6.92 Å². The topological polar surface area (TPSA) is 0 Å². The standard InChI is InChI=1S/C9H7Cl3/c1-2-3-6-4-8(11)9(12)5-7(6)10/h2-5H,1H3. The van der Waals surface area contributed by atoms with Crippen molar-refractivity contribution in [3.8, 4) is 0 Å². The van der Waals surface area contributed by atoms with Crippen molar-refractivity contribution in [3.05, 3.63) is 38.8 Å². The molecule has 0 saturated heterocycles. The molecule has 0 heterocycles. The second-order valence-corrected chi connectivity index (χ2v) is 3.51. The van der Waals surface area contributed by atoms with E-state index in [9.17, 15) is 0 Å². The summed E-state index contributed by atoms with van der Waals surface area (Å²) in [6, 6.07) is 3.38. The molecule has 0 aromatic heterocycles. The molecule has 0 radical (unpaired) electrons. The van der Waals surface area contributed by atoms with E-state index in [2.05, 4.69) is 0 Å². The molecule has 0 atom stereocenters. The molecule has 0 saturated carbocycles. The van der Waals surface area contributed by atoms with Crippen LogP contribution in [-0.2, 0) is 0 Å². The number of benzene rings is 1. The van der Waals surface area contributed by atoms with Crippen molar-refractivity contribution in [1.29, 1.82) is 0 Å². The molecule has 0 aliphatic rings. The Morgan fingerprint density at radius 2 is 1.58 bits per heavy atom. The van der Waals surface area contributed by atoms with Gasteiger partial charge in [0.05, 0.1) is 10.0 Å². The van der Waals surface area contributed by atoms with E-state index in [0.29, 0.717) is 15.1 Å². The fourth-order valence-corrected chi connectivity index (χ4v) is 1.46. The Labute approximate surface area is 86.7 Å². The average Bonchev–Trinajstić information content (AvgIpc) is 2.01. The summed E-state index contributed by atoms with van der Waals surface area (Å²) >= 11 is 17.4. The van der Waals surface area contributed by atoms with Crippen molar-refractivity contribution >= 4 is 40.9 Å². The number of hydrogen-bond acceptors (Lipinski definition) is 0. The quantitative estimate of drug-likeness (QED) is 0.604. The van der Waals surface area contributed by atoms with Gasteiger partial charge in [-0.1, -0.05) is 47.0 Å². The van der Waals surface area contributed by atoms with Crippen LogP contribution in [0.5, 0.6) is 0 Å². The first-order chi connectivity index (χ1) is 5.65. The van der Waals surface area contributed by atoms with Crippen LogP contribution in [0.15, 0.2) is 18.2 Å². The van der Waals surface area contributed by atoms with Gasteiger partial charge < -0.3 is 0 Å². The van der Waals surface area contributed by atoms with E-state index in [1.54, 1.807) is 12.1 Å². The van der Waals surface area contributed by atoms with Gasteiger partial charge in [-0.2, -0.15) is 0 Å². The third-order valence-electron chi connectivity index (χ3n) is 1.39. The lowest BCUT2D eigenvalue weighted by Gasteiger charge is -2.00. The van der Waals surface area contributed by atoms with Crippen molar-refractivity contribution in [2.75, 3.05) is 0 Å². The van der Waals surface area contributed by atoms with Crippen molar-refractivity contribution in [3.63, 3.8) is 0 Å². The number of rotatable bonds is 1. The van der Waals surface area contributed by atoms with Crippen molar-refractivity contribution in [2.24, 2.45) is 0 Å². The maximum atomic E-state index is 5.89.